The zero-order valence-corrected chi connectivity index (χ0v) is 10.2. The van der Waals surface area contributed by atoms with Crippen LogP contribution in [0, 0.1) is 18.3 Å². The van der Waals surface area contributed by atoms with E-state index in [1.54, 1.807) is 6.07 Å². The maximum atomic E-state index is 12.2. The first-order valence-electron chi connectivity index (χ1n) is 5.61. The molecule has 1 unspecified atom stereocenters. The molecule has 0 fully saturated rings. The highest BCUT2D eigenvalue weighted by molar-refractivity contribution is 6.07. The molecule has 2 rings (SSSR count). The Balaban J connectivity index is 2.51. The Labute approximate surface area is 105 Å². The van der Waals surface area contributed by atoms with E-state index in [1.807, 2.05) is 25.1 Å². The number of anilines is 1. The van der Waals surface area contributed by atoms with Crippen LogP contribution in [-0.2, 0) is 9.59 Å². The zero-order valence-electron chi connectivity index (χ0n) is 10.2. The fourth-order valence-corrected chi connectivity index (χ4v) is 2.25. The molecule has 1 heterocycles. The van der Waals surface area contributed by atoms with Crippen LogP contribution in [0.4, 0.5) is 5.69 Å². The molecule has 5 heteroatoms. The molecule has 1 aliphatic rings. The number of fused-ring (bicyclic) bond motifs is 1. The van der Waals surface area contributed by atoms with Crippen LogP contribution in [0.25, 0.3) is 0 Å². The molecule has 1 aromatic rings. The van der Waals surface area contributed by atoms with Gasteiger partial charge in [-0.25, -0.2) is 0 Å². The van der Waals surface area contributed by atoms with Crippen LogP contribution in [-0.4, -0.2) is 18.4 Å². The van der Waals surface area contributed by atoms with E-state index >= 15 is 0 Å². The largest absolute Gasteiger partial charge is 0.341 e. The fraction of sp³-hybridized carbons (Fsp3) is 0.308. The molecule has 1 atom stereocenters. The summed E-state index contributed by atoms with van der Waals surface area (Å²) in [5.74, 6) is -0.518. The molecule has 92 valence electrons. The number of benzene rings is 1. The van der Waals surface area contributed by atoms with Crippen LogP contribution < -0.4 is 10.2 Å². The molecule has 0 aromatic heterocycles. The van der Waals surface area contributed by atoms with Crippen molar-refractivity contribution < 1.29 is 9.59 Å². The average Bonchev–Trinajstić information content (AvgIpc) is 2.56. The van der Waals surface area contributed by atoms with Gasteiger partial charge in [-0.05, 0) is 12.5 Å². The molecule has 0 saturated heterocycles. The van der Waals surface area contributed by atoms with Gasteiger partial charge in [0.25, 0.3) is 5.91 Å². The normalized spacial score (nSPS) is 17.3. The van der Waals surface area contributed by atoms with E-state index in [-0.39, 0.29) is 18.4 Å². The Morgan fingerprint density at radius 2 is 2.28 bits per heavy atom. The van der Waals surface area contributed by atoms with Gasteiger partial charge in [0.15, 0.2) is 0 Å². The third kappa shape index (κ3) is 1.82. The van der Waals surface area contributed by atoms with E-state index in [4.69, 9.17) is 5.26 Å². The lowest BCUT2D eigenvalue weighted by Gasteiger charge is -2.15. The predicted octanol–water partition coefficient (Wildman–Crippen LogP) is 1.04. The second-order valence-corrected chi connectivity index (χ2v) is 4.23. The minimum atomic E-state index is -0.675. The van der Waals surface area contributed by atoms with E-state index in [0.717, 1.165) is 16.8 Å². The number of carbonyl (C=O) groups is 2. The number of nitrogens with zero attached hydrogens (tertiary/aromatic N) is 2. The second kappa shape index (κ2) is 4.49. The second-order valence-electron chi connectivity index (χ2n) is 4.23. The van der Waals surface area contributed by atoms with Crippen molar-refractivity contribution in [3.05, 3.63) is 29.3 Å². The highest BCUT2D eigenvalue weighted by Gasteiger charge is 2.38. The van der Waals surface area contributed by atoms with Gasteiger partial charge in [-0.1, -0.05) is 18.2 Å². The quantitative estimate of drug-likeness (QED) is 0.789. The molecule has 5 nitrogen and oxygen atoms in total. The summed E-state index contributed by atoms with van der Waals surface area (Å²) in [6, 6.07) is 6.82. The molecule has 2 amide bonds. The summed E-state index contributed by atoms with van der Waals surface area (Å²) in [5.41, 5.74) is 2.41. The highest BCUT2D eigenvalue weighted by atomic mass is 16.2. The van der Waals surface area contributed by atoms with E-state index < -0.39 is 6.04 Å². The molecule has 0 saturated carbocycles. The highest BCUT2D eigenvalue weighted by Crippen LogP contribution is 2.37. The molecule has 18 heavy (non-hydrogen) atoms. The van der Waals surface area contributed by atoms with Crippen LogP contribution in [0.5, 0.6) is 0 Å². The standard InChI is InChI=1S/C13H13N3O2/c1-8-4-3-5-10-11(15-9(2)17)13(18)16(7-6-14)12(8)10/h3-5,11H,7H2,1-2H3,(H,15,17). The van der Waals surface area contributed by atoms with Gasteiger partial charge in [-0.3, -0.25) is 14.5 Å². The van der Waals surface area contributed by atoms with Gasteiger partial charge in [0.2, 0.25) is 5.91 Å². The first-order chi connectivity index (χ1) is 8.56. The third-order valence-electron chi connectivity index (χ3n) is 2.94. The molecule has 0 spiro atoms. The van der Waals surface area contributed by atoms with Crippen LogP contribution in [0.1, 0.15) is 24.1 Å². The molecule has 0 bridgehead atoms. The summed E-state index contributed by atoms with van der Waals surface area (Å²) < 4.78 is 0. The van der Waals surface area contributed by atoms with Crippen LogP contribution in [0.15, 0.2) is 18.2 Å². The van der Waals surface area contributed by atoms with Crippen molar-refractivity contribution in [1.82, 2.24) is 5.32 Å². The number of rotatable bonds is 2. The average molecular weight is 243 g/mol. The Morgan fingerprint density at radius 1 is 1.56 bits per heavy atom. The number of hydrogen-bond donors (Lipinski definition) is 1. The topological polar surface area (TPSA) is 73.2 Å². The van der Waals surface area contributed by atoms with Crippen molar-refractivity contribution in [2.24, 2.45) is 0 Å². The lowest BCUT2D eigenvalue weighted by Crippen LogP contribution is -2.36. The number of nitrogens with one attached hydrogen (secondary N) is 1. The van der Waals surface area contributed by atoms with Gasteiger partial charge in [0, 0.05) is 12.5 Å². The number of hydrogen-bond acceptors (Lipinski definition) is 3. The zero-order chi connectivity index (χ0) is 13.3. The first-order valence-corrected chi connectivity index (χ1v) is 5.61. The SMILES string of the molecule is CC(=O)NC1C(=O)N(CC#N)c2c(C)cccc21. The maximum Gasteiger partial charge on any atom is 0.255 e. The van der Waals surface area contributed by atoms with Crippen molar-refractivity contribution in [3.63, 3.8) is 0 Å². The van der Waals surface area contributed by atoms with Crippen molar-refractivity contribution in [2.75, 3.05) is 11.4 Å². The minimum Gasteiger partial charge on any atom is -0.341 e. The van der Waals surface area contributed by atoms with Gasteiger partial charge in [0.1, 0.15) is 12.6 Å². The summed E-state index contributed by atoms with van der Waals surface area (Å²) >= 11 is 0. The summed E-state index contributed by atoms with van der Waals surface area (Å²) in [7, 11) is 0. The van der Waals surface area contributed by atoms with Crippen molar-refractivity contribution in [2.45, 2.75) is 19.9 Å². The molecular formula is C13H13N3O2. The third-order valence-corrected chi connectivity index (χ3v) is 2.94. The number of nitriles is 1. The van der Waals surface area contributed by atoms with Gasteiger partial charge >= 0.3 is 0 Å². The van der Waals surface area contributed by atoms with Gasteiger partial charge in [0.05, 0.1) is 11.8 Å². The lowest BCUT2D eigenvalue weighted by molar-refractivity contribution is -0.126. The van der Waals surface area contributed by atoms with Crippen molar-refractivity contribution in [1.29, 1.82) is 5.26 Å². The van der Waals surface area contributed by atoms with Gasteiger partial charge < -0.3 is 5.32 Å². The summed E-state index contributed by atoms with van der Waals surface area (Å²) in [4.78, 5) is 24.8. The number of aryl methyl sites for hydroxylation is 1. The van der Waals surface area contributed by atoms with E-state index in [2.05, 4.69) is 5.32 Å². The van der Waals surface area contributed by atoms with Crippen molar-refractivity contribution in [3.8, 4) is 6.07 Å². The molecule has 1 aromatic carbocycles. The van der Waals surface area contributed by atoms with Crippen LogP contribution in [0.2, 0.25) is 0 Å². The van der Waals surface area contributed by atoms with E-state index in [9.17, 15) is 9.59 Å². The monoisotopic (exact) mass is 243 g/mol. The maximum absolute atomic E-state index is 12.2. The Kier molecular flexibility index (Phi) is 3.02. The molecule has 0 radical (unpaired) electrons. The number of carbonyl (C=O) groups excluding carboxylic acids is 2. The van der Waals surface area contributed by atoms with Crippen LogP contribution in [0.3, 0.4) is 0 Å². The van der Waals surface area contributed by atoms with Gasteiger partial charge in [-0.2, -0.15) is 5.26 Å². The molecular weight excluding hydrogens is 230 g/mol. The van der Waals surface area contributed by atoms with Crippen molar-refractivity contribution >= 4 is 17.5 Å². The number of amides is 2. The molecule has 1 N–H and O–H groups in total. The molecule has 0 aliphatic carbocycles. The first kappa shape index (κ1) is 12.1. The van der Waals surface area contributed by atoms with Gasteiger partial charge in [-0.15, -0.1) is 0 Å². The van der Waals surface area contributed by atoms with E-state index in [0.29, 0.717) is 0 Å². The Bertz CT molecular complexity index is 560. The summed E-state index contributed by atoms with van der Waals surface area (Å²) in [5, 5.41) is 11.4. The smallest absolute Gasteiger partial charge is 0.255 e. The Hall–Kier alpha value is -2.35. The summed E-state index contributed by atoms with van der Waals surface area (Å²) in [6.07, 6.45) is 0. The minimum absolute atomic E-state index is 0.00717. The fourth-order valence-electron chi connectivity index (χ4n) is 2.25. The Morgan fingerprint density at radius 3 is 2.89 bits per heavy atom. The lowest BCUT2D eigenvalue weighted by atomic mass is 10.1. The predicted molar refractivity (Wildman–Crippen MR) is 65.7 cm³/mol. The van der Waals surface area contributed by atoms with Crippen LogP contribution >= 0.6 is 0 Å². The molecule has 1 aliphatic heterocycles. The number of para-hydroxylation sites is 1. The summed E-state index contributed by atoms with van der Waals surface area (Å²) in [6.45, 7) is 3.25. The van der Waals surface area contributed by atoms with E-state index in [1.165, 1.54) is 11.8 Å².